The summed E-state index contributed by atoms with van der Waals surface area (Å²) in [5, 5.41) is 21.7. The van der Waals surface area contributed by atoms with Crippen molar-refractivity contribution >= 4 is 5.97 Å². The number of aromatic nitrogens is 2. The second-order valence-corrected chi connectivity index (χ2v) is 4.66. The Balaban J connectivity index is 1.85. The lowest BCUT2D eigenvalue weighted by Gasteiger charge is -2.31. The van der Waals surface area contributed by atoms with Crippen LogP contribution in [0.2, 0.25) is 0 Å². The van der Waals surface area contributed by atoms with Crippen LogP contribution in [0.4, 0.5) is 0 Å². The van der Waals surface area contributed by atoms with Crippen molar-refractivity contribution in [1.82, 2.24) is 14.7 Å². The predicted octanol–water partition coefficient (Wildman–Crippen LogP) is -0.449. The Labute approximate surface area is 111 Å². The van der Waals surface area contributed by atoms with Gasteiger partial charge in [-0.1, -0.05) is 0 Å². The molecular weight excluding hydrogens is 250 g/mol. The first-order valence-corrected chi connectivity index (χ1v) is 6.35. The van der Waals surface area contributed by atoms with E-state index in [0.29, 0.717) is 19.7 Å². The molecule has 0 saturated carbocycles. The van der Waals surface area contributed by atoms with Crippen molar-refractivity contribution in [3.05, 3.63) is 18.0 Å². The summed E-state index contributed by atoms with van der Waals surface area (Å²) in [6.07, 6.45) is 3.48. The van der Waals surface area contributed by atoms with E-state index in [2.05, 4.69) is 10.00 Å². The molecule has 1 aliphatic rings. The maximum atomic E-state index is 10.7. The topological polar surface area (TPSA) is 87.8 Å². The van der Waals surface area contributed by atoms with Crippen molar-refractivity contribution in [1.29, 1.82) is 0 Å². The molecule has 1 fully saturated rings. The normalized spacial score (nSPS) is 20.6. The van der Waals surface area contributed by atoms with Crippen LogP contribution in [0.25, 0.3) is 0 Å². The maximum Gasteiger partial charge on any atom is 0.306 e. The molecule has 1 aliphatic heterocycles. The predicted molar refractivity (Wildman–Crippen MR) is 66.6 cm³/mol. The molecule has 0 aromatic carbocycles. The number of ether oxygens (including phenoxy) is 1. The third kappa shape index (κ3) is 4.30. The molecule has 1 atom stereocenters. The Kier molecular flexibility index (Phi) is 4.89. The molecule has 0 bridgehead atoms. The summed E-state index contributed by atoms with van der Waals surface area (Å²) < 4.78 is 7.12. The minimum absolute atomic E-state index is 0.0419. The number of aliphatic carboxylic acids is 1. The lowest BCUT2D eigenvalue weighted by atomic mass is 10.2. The molecule has 0 aliphatic carbocycles. The van der Waals surface area contributed by atoms with Crippen LogP contribution < -0.4 is 0 Å². The summed E-state index contributed by atoms with van der Waals surface area (Å²) in [6, 6.07) is 0. The van der Waals surface area contributed by atoms with E-state index in [0.717, 1.165) is 18.7 Å². The van der Waals surface area contributed by atoms with Gasteiger partial charge in [0.15, 0.2) is 0 Å². The average Bonchev–Trinajstić information content (AvgIpc) is 2.76. The highest BCUT2D eigenvalue weighted by atomic mass is 16.5. The van der Waals surface area contributed by atoms with Gasteiger partial charge in [-0.15, -0.1) is 0 Å². The van der Waals surface area contributed by atoms with E-state index in [1.165, 1.54) is 0 Å². The number of nitrogens with zero attached hydrogens (tertiary/aromatic N) is 3. The zero-order valence-corrected chi connectivity index (χ0v) is 10.7. The quantitative estimate of drug-likeness (QED) is 0.727. The van der Waals surface area contributed by atoms with Gasteiger partial charge in [-0.05, 0) is 0 Å². The molecule has 2 rings (SSSR count). The zero-order chi connectivity index (χ0) is 13.7. The molecule has 1 aromatic heterocycles. The summed E-state index contributed by atoms with van der Waals surface area (Å²) in [5.41, 5.74) is 1.06. The van der Waals surface area contributed by atoms with E-state index in [-0.39, 0.29) is 19.1 Å². The fraction of sp³-hybridized carbons (Fsp3) is 0.667. The van der Waals surface area contributed by atoms with Crippen LogP contribution in [0.15, 0.2) is 12.4 Å². The number of aliphatic hydroxyl groups excluding tert-OH is 1. The van der Waals surface area contributed by atoms with Crippen molar-refractivity contribution in [2.75, 3.05) is 26.3 Å². The van der Waals surface area contributed by atoms with Gasteiger partial charge in [0, 0.05) is 31.4 Å². The number of carboxylic acid groups (broad SMARTS) is 1. The number of aliphatic hydroxyl groups is 1. The van der Waals surface area contributed by atoms with Gasteiger partial charge in [-0.25, -0.2) is 0 Å². The molecule has 1 unspecified atom stereocenters. The zero-order valence-electron chi connectivity index (χ0n) is 10.7. The van der Waals surface area contributed by atoms with Gasteiger partial charge in [-0.3, -0.25) is 14.4 Å². The lowest BCUT2D eigenvalue weighted by Crippen LogP contribution is -2.42. The fourth-order valence-electron chi connectivity index (χ4n) is 2.21. The molecule has 0 spiro atoms. The third-order valence-electron chi connectivity index (χ3n) is 3.05. The molecule has 0 radical (unpaired) electrons. The van der Waals surface area contributed by atoms with Crippen LogP contribution in [0.5, 0.6) is 0 Å². The Morgan fingerprint density at radius 1 is 1.58 bits per heavy atom. The van der Waals surface area contributed by atoms with Gasteiger partial charge in [0.1, 0.15) is 0 Å². The standard InChI is InChI=1S/C12H19N3O4/c16-3-1-15-8-10(6-13-15)7-14-2-4-19-11(9-14)5-12(17)18/h6,8,11,16H,1-5,7,9H2,(H,17,18). The van der Waals surface area contributed by atoms with Gasteiger partial charge in [0.05, 0.1) is 38.5 Å². The molecule has 1 saturated heterocycles. The Bertz CT molecular complexity index is 421. The Morgan fingerprint density at radius 3 is 3.16 bits per heavy atom. The van der Waals surface area contributed by atoms with Crippen molar-refractivity contribution in [3.8, 4) is 0 Å². The highest BCUT2D eigenvalue weighted by molar-refractivity contribution is 5.67. The SMILES string of the molecule is O=C(O)CC1CN(Cc2cnn(CCO)c2)CCO1. The third-order valence-corrected chi connectivity index (χ3v) is 3.05. The first-order chi connectivity index (χ1) is 9.17. The number of hydrogen-bond acceptors (Lipinski definition) is 5. The lowest BCUT2D eigenvalue weighted by molar-refractivity contribution is -0.142. The van der Waals surface area contributed by atoms with Crippen molar-refractivity contribution in [2.24, 2.45) is 0 Å². The minimum atomic E-state index is -0.831. The first-order valence-electron chi connectivity index (χ1n) is 6.35. The highest BCUT2D eigenvalue weighted by Gasteiger charge is 2.22. The van der Waals surface area contributed by atoms with Crippen molar-refractivity contribution in [3.63, 3.8) is 0 Å². The summed E-state index contributed by atoms with van der Waals surface area (Å²) in [7, 11) is 0. The van der Waals surface area contributed by atoms with E-state index in [1.54, 1.807) is 10.9 Å². The minimum Gasteiger partial charge on any atom is -0.481 e. The van der Waals surface area contributed by atoms with E-state index < -0.39 is 5.97 Å². The molecule has 106 valence electrons. The fourth-order valence-corrected chi connectivity index (χ4v) is 2.21. The molecule has 2 N–H and O–H groups in total. The van der Waals surface area contributed by atoms with Gasteiger partial charge < -0.3 is 14.9 Å². The van der Waals surface area contributed by atoms with Crippen LogP contribution >= 0.6 is 0 Å². The van der Waals surface area contributed by atoms with Crippen LogP contribution in [-0.4, -0.2) is 63.3 Å². The van der Waals surface area contributed by atoms with Crippen LogP contribution in [-0.2, 0) is 22.6 Å². The molecule has 7 heteroatoms. The average molecular weight is 269 g/mol. The number of carbonyl (C=O) groups is 1. The molecular formula is C12H19N3O4. The van der Waals surface area contributed by atoms with Crippen molar-refractivity contribution < 1.29 is 19.7 Å². The van der Waals surface area contributed by atoms with Gasteiger partial charge in [0.2, 0.25) is 0 Å². The number of hydrogen-bond donors (Lipinski definition) is 2. The van der Waals surface area contributed by atoms with Gasteiger partial charge >= 0.3 is 5.97 Å². The molecule has 1 aromatic rings. The van der Waals surface area contributed by atoms with Crippen LogP contribution in [0, 0.1) is 0 Å². The summed E-state index contributed by atoms with van der Waals surface area (Å²) >= 11 is 0. The van der Waals surface area contributed by atoms with E-state index in [9.17, 15) is 4.79 Å². The summed E-state index contributed by atoms with van der Waals surface area (Å²) in [6.45, 7) is 3.26. The number of rotatable bonds is 6. The molecule has 19 heavy (non-hydrogen) atoms. The van der Waals surface area contributed by atoms with Crippen LogP contribution in [0.1, 0.15) is 12.0 Å². The smallest absolute Gasteiger partial charge is 0.306 e. The van der Waals surface area contributed by atoms with Crippen molar-refractivity contribution in [2.45, 2.75) is 25.6 Å². The van der Waals surface area contributed by atoms with E-state index in [1.807, 2.05) is 6.20 Å². The second kappa shape index (κ2) is 6.65. The Morgan fingerprint density at radius 2 is 2.42 bits per heavy atom. The van der Waals surface area contributed by atoms with Gasteiger partial charge in [-0.2, -0.15) is 5.10 Å². The molecule has 7 nitrogen and oxygen atoms in total. The largest absolute Gasteiger partial charge is 0.481 e. The number of morpholine rings is 1. The molecule has 0 amide bonds. The highest BCUT2D eigenvalue weighted by Crippen LogP contribution is 2.12. The second-order valence-electron chi connectivity index (χ2n) is 4.66. The first kappa shape index (κ1) is 14.0. The summed E-state index contributed by atoms with van der Waals surface area (Å²) in [5.74, 6) is -0.831. The van der Waals surface area contributed by atoms with E-state index in [4.69, 9.17) is 14.9 Å². The monoisotopic (exact) mass is 269 g/mol. The van der Waals surface area contributed by atoms with E-state index >= 15 is 0 Å². The summed E-state index contributed by atoms with van der Waals surface area (Å²) in [4.78, 5) is 12.8. The Hall–Kier alpha value is -1.44. The maximum absolute atomic E-state index is 10.7. The number of carboxylic acids is 1. The van der Waals surface area contributed by atoms with Gasteiger partial charge in [0.25, 0.3) is 0 Å². The van der Waals surface area contributed by atoms with Crippen LogP contribution in [0.3, 0.4) is 0 Å². The molecule has 2 heterocycles.